The predicted octanol–water partition coefficient (Wildman–Crippen LogP) is 1.31. The molecular weight excluding hydrogens is 282 g/mol. The summed E-state index contributed by atoms with van der Waals surface area (Å²) in [6.07, 6.45) is 6.01. The first-order valence-corrected chi connectivity index (χ1v) is 7.52. The lowest BCUT2D eigenvalue weighted by molar-refractivity contribution is -0.117. The maximum atomic E-state index is 12.0. The fourth-order valence-corrected chi connectivity index (χ4v) is 2.94. The molecule has 0 saturated carbocycles. The van der Waals surface area contributed by atoms with Gasteiger partial charge < -0.3 is 14.4 Å². The first kappa shape index (κ1) is 14.8. The van der Waals surface area contributed by atoms with E-state index in [1.54, 1.807) is 13.0 Å². The minimum absolute atomic E-state index is 0.0741. The van der Waals surface area contributed by atoms with Crippen LogP contribution in [0.1, 0.15) is 18.0 Å². The highest BCUT2D eigenvalue weighted by Gasteiger charge is 2.21. The molecule has 1 atom stereocenters. The average Bonchev–Trinajstić information content (AvgIpc) is 3.06. The van der Waals surface area contributed by atoms with Crippen molar-refractivity contribution in [3.8, 4) is 0 Å². The van der Waals surface area contributed by atoms with Crippen LogP contribution >= 0.6 is 0 Å². The van der Waals surface area contributed by atoms with E-state index < -0.39 is 0 Å². The van der Waals surface area contributed by atoms with Gasteiger partial charge in [0.1, 0.15) is 11.6 Å². The Bertz CT molecular complexity index is 648. The SMILES string of the molecule is Cc1cc(NC(=O)CN(C)C[C@@H]2CCc3nccn3C2)no1. The zero-order valence-electron chi connectivity index (χ0n) is 13.0. The fourth-order valence-electron chi connectivity index (χ4n) is 2.94. The molecule has 7 heteroatoms. The summed E-state index contributed by atoms with van der Waals surface area (Å²) < 4.78 is 7.14. The highest BCUT2D eigenvalue weighted by molar-refractivity contribution is 5.91. The Kier molecular flexibility index (Phi) is 4.24. The smallest absolute Gasteiger partial charge is 0.239 e. The van der Waals surface area contributed by atoms with Crippen LogP contribution < -0.4 is 5.32 Å². The molecule has 118 valence electrons. The highest BCUT2D eigenvalue weighted by atomic mass is 16.5. The lowest BCUT2D eigenvalue weighted by Gasteiger charge is -2.27. The van der Waals surface area contributed by atoms with Crippen LogP contribution in [0.2, 0.25) is 0 Å². The van der Waals surface area contributed by atoms with E-state index in [0.29, 0.717) is 24.0 Å². The summed E-state index contributed by atoms with van der Waals surface area (Å²) in [4.78, 5) is 18.4. The van der Waals surface area contributed by atoms with Gasteiger partial charge in [-0.15, -0.1) is 0 Å². The highest BCUT2D eigenvalue weighted by Crippen LogP contribution is 2.19. The largest absolute Gasteiger partial charge is 0.360 e. The maximum Gasteiger partial charge on any atom is 0.239 e. The second kappa shape index (κ2) is 6.31. The van der Waals surface area contributed by atoms with Crippen LogP contribution in [-0.2, 0) is 17.8 Å². The van der Waals surface area contributed by atoms with Gasteiger partial charge in [-0.1, -0.05) is 5.16 Å². The van der Waals surface area contributed by atoms with Gasteiger partial charge in [-0.2, -0.15) is 0 Å². The number of carbonyl (C=O) groups is 1. The number of aryl methyl sites for hydroxylation is 2. The van der Waals surface area contributed by atoms with Gasteiger partial charge in [0.25, 0.3) is 0 Å². The molecule has 0 aliphatic carbocycles. The Labute approximate surface area is 129 Å². The van der Waals surface area contributed by atoms with Crippen LogP contribution in [0.15, 0.2) is 23.0 Å². The summed E-state index contributed by atoms with van der Waals surface area (Å²) in [5.74, 6) is 2.79. The Morgan fingerprint density at radius 1 is 1.59 bits per heavy atom. The summed E-state index contributed by atoms with van der Waals surface area (Å²) >= 11 is 0. The van der Waals surface area contributed by atoms with E-state index in [4.69, 9.17) is 4.52 Å². The van der Waals surface area contributed by atoms with Crippen molar-refractivity contribution in [1.82, 2.24) is 19.6 Å². The van der Waals surface area contributed by atoms with Crippen molar-refractivity contribution in [2.45, 2.75) is 26.3 Å². The van der Waals surface area contributed by atoms with Gasteiger partial charge in [0, 0.05) is 38.0 Å². The van der Waals surface area contributed by atoms with E-state index in [1.807, 2.05) is 19.4 Å². The van der Waals surface area contributed by atoms with Crippen molar-refractivity contribution < 1.29 is 9.32 Å². The number of nitrogens with zero attached hydrogens (tertiary/aromatic N) is 4. The molecule has 0 radical (unpaired) electrons. The summed E-state index contributed by atoms with van der Waals surface area (Å²) in [5.41, 5.74) is 0. The number of nitrogens with one attached hydrogen (secondary N) is 1. The van der Waals surface area contributed by atoms with Crippen molar-refractivity contribution in [2.24, 2.45) is 5.92 Å². The monoisotopic (exact) mass is 303 g/mol. The zero-order chi connectivity index (χ0) is 15.5. The third-order valence-electron chi connectivity index (χ3n) is 3.91. The van der Waals surface area contributed by atoms with Crippen LogP contribution in [0.25, 0.3) is 0 Å². The molecular formula is C15H21N5O2. The van der Waals surface area contributed by atoms with E-state index in [2.05, 4.69) is 24.9 Å². The zero-order valence-corrected chi connectivity index (χ0v) is 13.0. The molecule has 0 spiro atoms. The molecule has 3 heterocycles. The normalized spacial score (nSPS) is 17.5. The van der Waals surface area contributed by atoms with Crippen LogP contribution in [-0.4, -0.2) is 45.7 Å². The van der Waals surface area contributed by atoms with E-state index in [0.717, 1.165) is 31.8 Å². The van der Waals surface area contributed by atoms with E-state index in [9.17, 15) is 4.79 Å². The minimum Gasteiger partial charge on any atom is -0.360 e. The first-order chi connectivity index (χ1) is 10.6. The predicted molar refractivity (Wildman–Crippen MR) is 81.4 cm³/mol. The second-order valence-corrected chi connectivity index (χ2v) is 5.97. The summed E-state index contributed by atoms with van der Waals surface area (Å²) in [5, 5.41) is 6.50. The minimum atomic E-state index is -0.0741. The van der Waals surface area contributed by atoms with Crippen molar-refractivity contribution in [3.63, 3.8) is 0 Å². The van der Waals surface area contributed by atoms with Gasteiger partial charge in [-0.25, -0.2) is 4.98 Å². The Morgan fingerprint density at radius 2 is 2.45 bits per heavy atom. The van der Waals surface area contributed by atoms with E-state index in [1.165, 1.54) is 0 Å². The third-order valence-corrected chi connectivity index (χ3v) is 3.91. The Hall–Kier alpha value is -2.15. The number of hydrogen-bond acceptors (Lipinski definition) is 5. The topological polar surface area (TPSA) is 76.2 Å². The molecule has 1 aliphatic rings. The van der Waals surface area contributed by atoms with Gasteiger partial charge >= 0.3 is 0 Å². The number of fused-ring (bicyclic) bond motifs is 1. The fraction of sp³-hybridized carbons (Fsp3) is 0.533. The first-order valence-electron chi connectivity index (χ1n) is 7.52. The van der Waals surface area contributed by atoms with Crippen LogP contribution in [0.5, 0.6) is 0 Å². The van der Waals surface area contributed by atoms with Crippen molar-refractivity contribution >= 4 is 11.7 Å². The summed E-state index contributed by atoms with van der Waals surface area (Å²) in [6, 6.07) is 1.71. The molecule has 0 bridgehead atoms. The molecule has 2 aromatic heterocycles. The molecule has 2 aromatic rings. The van der Waals surface area contributed by atoms with Gasteiger partial charge in [-0.3, -0.25) is 9.69 Å². The van der Waals surface area contributed by atoms with Crippen molar-refractivity contribution in [2.75, 3.05) is 25.5 Å². The standard InChI is InChI=1S/C15H21N5O2/c1-11-7-13(18-22-11)17-15(21)10-19(2)8-12-3-4-14-16-5-6-20(14)9-12/h5-7,12H,3-4,8-10H2,1-2H3,(H,17,18,21)/t12-/m0/s1. The Balaban J connectivity index is 1.46. The summed E-state index contributed by atoms with van der Waals surface area (Å²) in [7, 11) is 1.97. The second-order valence-electron chi connectivity index (χ2n) is 5.97. The molecule has 3 rings (SSSR count). The molecule has 0 aromatic carbocycles. The van der Waals surface area contributed by atoms with Crippen LogP contribution in [0, 0.1) is 12.8 Å². The number of rotatable bonds is 5. The molecule has 0 unspecified atom stereocenters. The number of carbonyl (C=O) groups excluding carboxylic acids is 1. The van der Waals surface area contributed by atoms with E-state index >= 15 is 0 Å². The summed E-state index contributed by atoms with van der Waals surface area (Å²) in [6.45, 7) is 4.01. The third kappa shape index (κ3) is 3.54. The van der Waals surface area contributed by atoms with Crippen molar-refractivity contribution in [1.29, 1.82) is 0 Å². The number of hydrogen-bond donors (Lipinski definition) is 1. The molecule has 1 aliphatic heterocycles. The average molecular weight is 303 g/mol. The number of aromatic nitrogens is 3. The van der Waals surface area contributed by atoms with Crippen LogP contribution in [0.4, 0.5) is 5.82 Å². The van der Waals surface area contributed by atoms with E-state index in [-0.39, 0.29) is 5.91 Å². The maximum absolute atomic E-state index is 12.0. The quantitative estimate of drug-likeness (QED) is 0.901. The van der Waals surface area contributed by atoms with Gasteiger partial charge in [0.2, 0.25) is 5.91 Å². The number of imidazole rings is 1. The lowest BCUT2D eigenvalue weighted by Crippen LogP contribution is -2.36. The molecule has 1 amide bonds. The molecule has 22 heavy (non-hydrogen) atoms. The van der Waals surface area contributed by atoms with Gasteiger partial charge in [0.15, 0.2) is 5.82 Å². The van der Waals surface area contributed by atoms with Crippen LogP contribution in [0.3, 0.4) is 0 Å². The molecule has 7 nitrogen and oxygen atoms in total. The lowest BCUT2D eigenvalue weighted by atomic mass is 9.99. The molecule has 0 saturated heterocycles. The molecule has 0 fully saturated rings. The number of anilines is 1. The van der Waals surface area contributed by atoms with Gasteiger partial charge in [0.05, 0.1) is 6.54 Å². The van der Waals surface area contributed by atoms with Crippen molar-refractivity contribution in [3.05, 3.63) is 30.0 Å². The number of amides is 1. The molecule has 1 N–H and O–H groups in total. The van der Waals surface area contributed by atoms with Gasteiger partial charge in [-0.05, 0) is 26.3 Å². The number of likely N-dealkylation sites (N-methyl/N-ethyl adjacent to an activating group) is 1. The Morgan fingerprint density at radius 3 is 3.23 bits per heavy atom.